The van der Waals surface area contributed by atoms with Crippen molar-refractivity contribution in [3.8, 4) is 11.5 Å². The zero-order valence-corrected chi connectivity index (χ0v) is 19.5. The number of rotatable bonds is 5. The summed E-state index contributed by atoms with van der Waals surface area (Å²) in [5, 5.41) is 3.62. The van der Waals surface area contributed by atoms with E-state index in [1.807, 2.05) is 0 Å². The van der Waals surface area contributed by atoms with E-state index in [4.69, 9.17) is 32.7 Å². The molecule has 0 saturated carbocycles. The molecule has 0 fully saturated rings. The van der Waals surface area contributed by atoms with Gasteiger partial charge in [0.25, 0.3) is 11.8 Å². The lowest BCUT2D eigenvalue weighted by atomic mass is 9.98. The van der Waals surface area contributed by atoms with Crippen LogP contribution < -0.4 is 19.7 Å². The molecule has 9 heteroatoms. The van der Waals surface area contributed by atoms with E-state index in [1.54, 1.807) is 59.5 Å². The molecule has 170 valence electrons. The average Bonchev–Trinajstić information content (AvgIpc) is 2.83. The molecular weight excluding hydrogens is 465 g/mol. The van der Waals surface area contributed by atoms with Gasteiger partial charge in [0.2, 0.25) is 0 Å². The lowest BCUT2D eigenvalue weighted by Gasteiger charge is -2.34. The normalized spacial score (nSPS) is 14.9. The van der Waals surface area contributed by atoms with Gasteiger partial charge in [0, 0.05) is 17.7 Å². The van der Waals surface area contributed by atoms with Crippen molar-refractivity contribution in [1.29, 1.82) is 0 Å². The first-order valence-corrected chi connectivity index (χ1v) is 10.9. The second kappa shape index (κ2) is 9.68. The molecule has 1 atom stereocenters. The number of nitrogens with one attached hydrogen (secondary N) is 1. The molecule has 0 spiro atoms. The summed E-state index contributed by atoms with van der Waals surface area (Å²) < 4.78 is 10.6. The molecule has 0 radical (unpaired) electrons. The van der Waals surface area contributed by atoms with Gasteiger partial charge in [0.05, 0.1) is 30.8 Å². The predicted molar refractivity (Wildman–Crippen MR) is 127 cm³/mol. The van der Waals surface area contributed by atoms with Crippen molar-refractivity contribution in [2.24, 2.45) is 0 Å². The molecule has 2 amide bonds. The van der Waals surface area contributed by atoms with Crippen molar-refractivity contribution in [1.82, 2.24) is 10.3 Å². The summed E-state index contributed by atoms with van der Waals surface area (Å²) in [5.74, 6) is 0.813. The Bertz CT molecular complexity index is 1220. The van der Waals surface area contributed by atoms with Crippen LogP contribution in [0, 0.1) is 0 Å². The van der Waals surface area contributed by atoms with Crippen molar-refractivity contribution < 1.29 is 19.1 Å². The highest BCUT2D eigenvalue weighted by Gasteiger charge is 2.32. The van der Waals surface area contributed by atoms with E-state index in [0.29, 0.717) is 52.0 Å². The van der Waals surface area contributed by atoms with Crippen LogP contribution in [0.15, 0.2) is 54.6 Å². The molecule has 1 N–H and O–H groups in total. The molecule has 2 heterocycles. The zero-order chi connectivity index (χ0) is 23.5. The Morgan fingerprint density at radius 3 is 2.52 bits per heavy atom. The van der Waals surface area contributed by atoms with Crippen LogP contribution in [0.2, 0.25) is 10.2 Å². The number of anilines is 1. The highest BCUT2D eigenvalue weighted by molar-refractivity contribution is 6.33. The van der Waals surface area contributed by atoms with Crippen molar-refractivity contribution >= 4 is 40.8 Å². The first kappa shape index (κ1) is 22.9. The Morgan fingerprint density at radius 2 is 1.79 bits per heavy atom. The van der Waals surface area contributed by atoms with E-state index in [0.717, 1.165) is 0 Å². The first-order valence-electron chi connectivity index (χ1n) is 10.2. The molecule has 4 rings (SSSR count). The smallest absolute Gasteiger partial charge is 0.259 e. The van der Waals surface area contributed by atoms with Crippen LogP contribution in [0.5, 0.6) is 11.5 Å². The minimum atomic E-state index is -0.358. The molecule has 3 aromatic rings. The van der Waals surface area contributed by atoms with Gasteiger partial charge in [-0.3, -0.25) is 14.5 Å². The average molecular weight is 486 g/mol. The maximum absolute atomic E-state index is 13.4. The number of hydrogen-bond donors (Lipinski definition) is 1. The number of carbonyl (C=O) groups excluding carboxylic acids is 2. The Balaban J connectivity index is 1.64. The number of benzene rings is 2. The second-order valence-electron chi connectivity index (χ2n) is 7.37. The third-order valence-electron chi connectivity index (χ3n) is 5.44. The van der Waals surface area contributed by atoms with Crippen LogP contribution in [-0.4, -0.2) is 37.6 Å². The second-order valence-corrected chi connectivity index (χ2v) is 8.16. The van der Waals surface area contributed by atoms with Gasteiger partial charge in [-0.15, -0.1) is 0 Å². The van der Waals surface area contributed by atoms with Gasteiger partial charge in [-0.1, -0.05) is 41.4 Å². The summed E-state index contributed by atoms with van der Waals surface area (Å²) in [6.45, 7) is 0.334. The molecule has 0 bridgehead atoms. The Labute approximate surface area is 201 Å². The van der Waals surface area contributed by atoms with Crippen LogP contribution in [0.1, 0.15) is 38.7 Å². The standard InChI is InChI=1S/C24H21Cl2N3O4/c1-32-19-9-7-14(13-20(19)33-2)24(31)29-12-11-18(16-8-10-21(26)28-22(16)29)27-23(30)15-5-3-4-6-17(15)25/h3-10,13,18H,11-12H2,1-2H3,(H,27,30). The molecule has 1 aliphatic heterocycles. The van der Waals surface area contributed by atoms with Gasteiger partial charge < -0.3 is 14.8 Å². The number of methoxy groups -OCH3 is 2. The van der Waals surface area contributed by atoms with Crippen molar-refractivity contribution in [3.63, 3.8) is 0 Å². The number of amides is 2. The summed E-state index contributed by atoms with van der Waals surface area (Å²) >= 11 is 12.3. The predicted octanol–water partition coefficient (Wildman–Crippen LogP) is 4.93. The van der Waals surface area contributed by atoms with Crippen molar-refractivity contribution in [2.75, 3.05) is 25.7 Å². The number of ether oxygens (including phenoxy) is 2. The lowest BCUT2D eigenvalue weighted by molar-refractivity contribution is 0.0933. The van der Waals surface area contributed by atoms with Crippen LogP contribution in [-0.2, 0) is 0 Å². The Morgan fingerprint density at radius 1 is 1.03 bits per heavy atom. The highest BCUT2D eigenvalue weighted by Crippen LogP contribution is 2.36. The zero-order valence-electron chi connectivity index (χ0n) is 18.0. The topological polar surface area (TPSA) is 80.8 Å². The van der Waals surface area contributed by atoms with E-state index in [9.17, 15) is 9.59 Å². The summed E-state index contributed by atoms with van der Waals surface area (Å²) in [4.78, 5) is 32.2. The number of carbonyl (C=O) groups is 2. The fourth-order valence-corrected chi connectivity index (χ4v) is 4.16. The van der Waals surface area contributed by atoms with Gasteiger partial charge in [0.15, 0.2) is 11.5 Å². The van der Waals surface area contributed by atoms with Gasteiger partial charge in [-0.25, -0.2) is 4.98 Å². The maximum Gasteiger partial charge on any atom is 0.259 e. The Hall–Kier alpha value is -3.29. The van der Waals surface area contributed by atoms with Crippen LogP contribution in [0.3, 0.4) is 0 Å². The monoisotopic (exact) mass is 485 g/mol. The molecule has 2 aromatic carbocycles. The molecule has 7 nitrogen and oxygen atoms in total. The van der Waals surface area contributed by atoms with Gasteiger partial charge >= 0.3 is 0 Å². The number of aromatic nitrogens is 1. The fourth-order valence-electron chi connectivity index (χ4n) is 3.80. The SMILES string of the molecule is COc1ccc(C(=O)N2CCC(NC(=O)c3ccccc3Cl)c3ccc(Cl)nc32)cc1OC. The van der Waals surface area contributed by atoms with E-state index in [-0.39, 0.29) is 23.0 Å². The van der Waals surface area contributed by atoms with Gasteiger partial charge in [0.1, 0.15) is 11.0 Å². The summed E-state index contributed by atoms with van der Waals surface area (Å²) in [7, 11) is 3.04. The molecule has 1 aromatic heterocycles. The minimum Gasteiger partial charge on any atom is -0.493 e. The Kier molecular flexibility index (Phi) is 6.72. The van der Waals surface area contributed by atoms with E-state index in [2.05, 4.69) is 10.3 Å². The third-order valence-corrected chi connectivity index (χ3v) is 5.98. The van der Waals surface area contributed by atoms with E-state index in [1.165, 1.54) is 14.2 Å². The van der Waals surface area contributed by atoms with Crippen LogP contribution in [0.25, 0.3) is 0 Å². The number of pyridine rings is 1. The number of halogens is 2. The number of hydrogen-bond acceptors (Lipinski definition) is 5. The third kappa shape index (κ3) is 4.60. The molecule has 1 unspecified atom stereocenters. The minimum absolute atomic E-state index is 0.247. The lowest BCUT2D eigenvalue weighted by Crippen LogP contribution is -2.41. The quantitative estimate of drug-likeness (QED) is 0.518. The van der Waals surface area contributed by atoms with E-state index >= 15 is 0 Å². The highest BCUT2D eigenvalue weighted by atomic mass is 35.5. The molecule has 33 heavy (non-hydrogen) atoms. The maximum atomic E-state index is 13.4. The fraction of sp³-hybridized carbons (Fsp3) is 0.208. The summed E-state index contributed by atoms with van der Waals surface area (Å²) in [6, 6.07) is 14.9. The van der Waals surface area contributed by atoms with Crippen molar-refractivity contribution in [3.05, 3.63) is 81.5 Å². The molecule has 1 aliphatic rings. The number of fused-ring (bicyclic) bond motifs is 1. The largest absolute Gasteiger partial charge is 0.493 e. The van der Waals surface area contributed by atoms with Crippen molar-refractivity contribution in [2.45, 2.75) is 12.5 Å². The summed E-state index contributed by atoms with van der Waals surface area (Å²) in [5.41, 5.74) is 1.49. The van der Waals surface area contributed by atoms with Crippen LogP contribution in [0.4, 0.5) is 5.82 Å². The number of nitrogens with zero attached hydrogens (tertiary/aromatic N) is 2. The molecule has 0 aliphatic carbocycles. The first-order chi connectivity index (χ1) is 15.9. The van der Waals surface area contributed by atoms with Gasteiger partial charge in [-0.2, -0.15) is 0 Å². The molecule has 0 saturated heterocycles. The molecular formula is C24H21Cl2N3O4. The van der Waals surface area contributed by atoms with Crippen LogP contribution >= 0.6 is 23.2 Å². The summed E-state index contributed by atoms with van der Waals surface area (Å²) in [6.07, 6.45) is 0.492. The van der Waals surface area contributed by atoms with Gasteiger partial charge in [-0.05, 0) is 42.8 Å². The van der Waals surface area contributed by atoms with E-state index < -0.39 is 0 Å².